The maximum Gasteiger partial charge on any atom is 0.276 e. The molecule has 0 spiro atoms. The van der Waals surface area contributed by atoms with Crippen molar-refractivity contribution in [1.29, 1.82) is 0 Å². The van der Waals surface area contributed by atoms with Crippen LogP contribution < -0.4 is 5.73 Å². The van der Waals surface area contributed by atoms with E-state index in [-0.39, 0.29) is 0 Å². The van der Waals surface area contributed by atoms with Gasteiger partial charge in [-0.3, -0.25) is 0 Å². The highest BCUT2D eigenvalue weighted by Gasteiger charge is 2.05. The van der Waals surface area contributed by atoms with E-state index in [1.54, 1.807) is 0 Å². The molecule has 0 atom stereocenters. The summed E-state index contributed by atoms with van der Waals surface area (Å²) in [5.41, 5.74) is 8.99. The van der Waals surface area contributed by atoms with Crippen LogP contribution in [0.5, 0.6) is 0 Å². The summed E-state index contributed by atoms with van der Waals surface area (Å²) < 4.78 is 5.42. The van der Waals surface area contributed by atoms with Gasteiger partial charge in [-0.1, -0.05) is 23.9 Å². The molecule has 0 saturated heterocycles. The number of aryl methyl sites for hydroxylation is 3. The third-order valence-electron chi connectivity index (χ3n) is 2.59. The molecule has 0 fully saturated rings. The van der Waals surface area contributed by atoms with Gasteiger partial charge in [0.25, 0.3) is 5.22 Å². The Hall–Kier alpha value is -1.49. The predicted octanol–water partition coefficient (Wildman–Crippen LogP) is 2.47. The van der Waals surface area contributed by atoms with Crippen LogP contribution >= 0.6 is 11.8 Å². The van der Waals surface area contributed by atoms with Crippen LogP contribution in [0, 0.1) is 6.92 Å². The number of rotatable bonds is 4. The fraction of sp³-hybridized carbons (Fsp3) is 0.333. The minimum Gasteiger partial charge on any atom is -0.416 e. The second-order valence-electron chi connectivity index (χ2n) is 3.86. The summed E-state index contributed by atoms with van der Waals surface area (Å²) in [6.07, 6.45) is 3.52. The fourth-order valence-corrected chi connectivity index (χ4v) is 1.82. The van der Waals surface area contributed by atoms with Crippen molar-refractivity contribution in [3.05, 3.63) is 35.2 Å². The molecular formula is C12H15N3OS. The highest BCUT2D eigenvalue weighted by atomic mass is 32.2. The smallest absolute Gasteiger partial charge is 0.276 e. The molecule has 17 heavy (non-hydrogen) atoms. The van der Waals surface area contributed by atoms with E-state index in [9.17, 15) is 0 Å². The van der Waals surface area contributed by atoms with Gasteiger partial charge in [0.05, 0.1) is 0 Å². The molecule has 5 heteroatoms. The van der Waals surface area contributed by atoms with Gasteiger partial charge in [-0.25, -0.2) is 0 Å². The van der Waals surface area contributed by atoms with E-state index < -0.39 is 0 Å². The van der Waals surface area contributed by atoms with Crippen molar-refractivity contribution in [3.63, 3.8) is 0 Å². The molecule has 0 saturated carbocycles. The number of hydrogen-bond acceptors (Lipinski definition) is 5. The van der Waals surface area contributed by atoms with Crippen molar-refractivity contribution < 1.29 is 4.42 Å². The SMILES string of the molecule is CSc1nnc(CCc2ccc(C)c(N)c2)o1. The molecule has 2 aromatic rings. The van der Waals surface area contributed by atoms with Gasteiger partial charge in [-0.05, 0) is 36.8 Å². The second kappa shape index (κ2) is 5.23. The number of anilines is 1. The van der Waals surface area contributed by atoms with Crippen LogP contribution in [0.25, 0.3) is 0 Å². The molecule has 0 aliphatic heterocycles. The van der Waals surface area contributed by atoms with E-state index in [1.165, 1.54) is 17.3 Å². The van der Waals surface area contributed by atoms with Crippen molar-refractivity contribution in [3.8, 4) is 0 Å². The first-order valence-electron chi connectivity index (χ1n) is 5.40. The number of nitrogen functional groups attached to an aromatic ring is 1. The Balaban J connectivity index is 1.99. The van der Waals surface area contributed by atoms with Gasteiger partial charge in [-0.2, -0.15) is 0 Å². The lowest BCUT2D eigenvalue weighted by Gasteiger charge is -2.03. The molecule has 2 rings (SSSR count). The van der Waals surface area contributed by atoms with Crippen molar-refractivity contribution in [2.75, 3.05) is 12.0 Å². The van der Waals surface area contributed by atoms with Gasteiger partial charge in [0.2, 0.25) is 5.89 Å². The van der Waals surface area contributed by atoms with Crippen LogP contribution in [0.15, 0.2) is 27.8 Å². The Kier molecular flexibility index (Phi) is 3.68. The molecule has 0 aliphatic carbocycles. The summed E-state index contributed by atoms with van der Waals surface area (Å²) >= 11 is 1.46. The van der Waals surface area contributed by atoms with Gasteiger partial charge in [0, 0.05) is 12.1 Å². The number of aromatic nitrogens is 2. The summed E-state index contributed by atoms with van der Waals surface area (Å²) in [5, 5.41) is 8.49. The molecule has 90 valence electrons. The maximum absolute atomic E-state index is 5.86. The highest BCUT2D eigenvalue weighted by molar-refractivity contribution is 7.98. The van der Waals surface area contributed by atoms with Crippen LogP contribution in [0.4, 0.5) is 5.69 Å². The average Bonchev–Trinajstić information content (AvgIpc) is 2.79. The molecule has 0 amide bonds. The van der Waals surface area contributed by atoms with Crippen LogP contribution in [0.1, 0.15) is 17.0 Å². The number of nitrogens with zero attached hydrogens (tertiary/aromatic N) is 2. The Bertz CT molecular complexity index is 510. The summed E-state index contributed by atoms with van der Waals surface area (Å²) in [6.45, 7) is 2.00. The third-order valence-corrected chi connectivity index (χ3v) is 3.11. The number of benzene rings is 1. The molecule has 1 aromatic carbocycles. The molecule has 0 radical (unpaired) electrons. The van der Waals surface area contributed by atoms with Crippen molar-refractivity contribution in [1.82, 2.24) is 10.2 Å². The van der Waals surface area contributed by atoms with E-state index in [0.717, 1.165) is 24.1 Å². The van der Waals surface area contributed by atoms with E-state index in [0.29, 0.717) is 11.1 Å². The van der Waals surface area contributed by atoms with E-state index in [1.807, 2.05) is 25.3 Å². The van der Waals surface area contributed by atoms with Crippen molar-refractivity contribution in [2.45, 2.75) is 25.0 Å². The summed E-state index contributed by atoms with van der Waals surface area (Å²) in [4.78, 5) is 0. The summed E-state index contributed by atoms with van der Waals surface area (Å²) in [5.74, 6) is 0.675. The number of thioether (sulfide) groups is 1. The van der Waals surface area contributed by atoms with Gasteiger partial charge < -0.3 is 10.2 Å². The standard InChI is InChI=1S/C12H15N3OS/c1-8-3-4-9(7-10(8)13)5-6-11-14-15-12(16-11)17-2/h3-4,7H,5-6,13H2,1-2H3. The second-order valence-corrected chi connectivity index (χ2v) is 4.61. The topological polar surface area (TPSA) is 64.9 Å². The minimum atomic E-state index is 0.614. The molecule has 0 aliphatic rings. The van der Waals surface area contributed by atoms with Crippen LogP contribution in [0.2, 0.25) is 0 Å². The molecule has 1 aromatic heterocycles. The van der Waals surface area contributed by atoms with Crippen molar-refractivity contribution >= 4 is 17.4 Å². The van der Waals surface area contributed by atoms with E-state index in [4.69, 9.17) is 10.2 Å². The normalized spacial score (nSPS) is 10.7. The van der Waals surface area contributed by atoms with Crippen LogP contribution in [-0.4, -0.2) is 16.5 Å². The fourth-order valence-electron chi connectivity index (χ4n) is 1.52. The highest BCUT2D eigenvalue weighted by Crippen LogP contribution is 2.16. The predicted molar refractivity (Wildman–Crippen MR) is 69.1 cm³/mol. The van der Waals surface area contributed by atoms with Crippen LogP contribution in [0.3, 0.4) is 0 Å². The summed E-state index contributed by atoms with van der Waals surface area (Å²) in [7, 11) is 0. The number of nitrogens with two attached hydrogens (primary N) is 1. The van der Waals surface area contributed by atoms with Crippen LogP contribution in [-0.2, 0) is 12.8 Å². The lowest BCUT2D eigenvalue weighted by Crippen LogP contribution is -1.95. The third kappa shape index (κ3) is 3.00. The maximum atomic E-state index is 5.86. The van der Waals surface area contributed by atoms with E-state index in [2.05, 4.69) is 16.3 Å². The molecule has 4 nitrogen and oxygen atoms in total. The number of hydrogen-bond donors (Lipinski definition) is 1. The average molecular weight is 249 g/mol. The van der Waals surface area contributed by atoms with E-state index >= 15 is 0 Å². The first-order valence-corrected chi connectivity index (χ1v) is 6.63. The zero-order valence-electron chi connectivity index (χ0n) is 9.93. The Morgan fingerprint density at radius 3 is 2.76 bits per heavy atom. The molecular weight excluding hydrogens is 234 g/mol. The quantitative estimate of drug-likeness (QED) is 0.666. The zero-order chi connectivity index (χ0) is 12.3. The Morgan fingerprint density at radius 2 is 2.12 bits per heavy atom. The molecule has 2 N–H and O–H groups in total. The first kappa shape index (κ1) is 12.0. The van der Waals surface area contributed by atoms with Gasteiger partial charge in [-0.15, -0.1) is 10.2 Å². The molecule has 0 unspecified atom stereocenters. The monoisotopic (exact) mass is 249 g/mol. The van der Waals surface area contributed by atoms with Crippen molar-refractivity contribution in [2.24, 2.45) is 0 Å². The summed E-state index contributed by atoms with van der Waals surface area (Å²) in [6, 6.07) is 6.12. The lowest BCUT2D eigenvalue weighted by molar-refractivity contribution is 0.413. The largest absolute Gasteiger partial charge is 0.416 e. The Labute approximate surface area is 105 Å². The van der Waals surface area contributed by atoms with Gasteiger partial charge in [0.15, 0.2) is 0 Å². The zero-order valence-corrected chi connectivity index (χ0v) is 10.8. The van der Waals surface area contributed by atoms with Gasteiger partial charge >= 0.3 is 0 Å². The van der Waals surface area contributed by atoms with Gasteiger partial charge in [0.1, 0.15) is 0 Å². The molecule has 1 heterocycles. The lowest BCUT2D eigenvalue weighted by atomic mass is 10.1. The first-order chi connectivity index (χ1) is 8.19. The minimum absolute atomic E-state index is 0.614. The Morgan fingerprint density at radius 1 is 1.29 bits per heavy atom. The molecule has 0 bridgehead atoms.